The second-order valence-electron chi connectivity index (χ2n) is 6.28. The van der Waals surface area contributed by atoms with Crippen molar-refractivity contribution in [3.63, 3.8) is 0 Å². The fourth-order valence-electron chi connectivity index (χ4n) is 2.79. The lowest BCUT2D eigenvalue weighted by Gasteiger charge is -2.29. The smallest absolute Gasteiger partial charge is 0.247 e. The van der Waals surface area contributed by atoms with E-state index >= 15 is 0 Å². The molecule has 1 fully saturated rings. The molecule has 1 atom stereocenters. The van der Waals surface area contributed by atoms with Crippen molar-refractivity contribution in [2.24, 2.45) is 0 Å². The maximum Gasteiger partial charge on any atom is 0.247 e. The van der Waals surface area contributed by atoms with Crippen molar-refractivity contribution in [3.8, 4) is 0 Å². The molecule has 1 aliphatic rings. The van der Waals surface area contributed by atoms with Gasteiger partial charge in [0.1, 0.15) is 11.8 Å². The van der Waals surface area contributed by atoms with Crippen LogP contribution in [0.5, 0.6) is 0 Å². The van der Waals surface area contributed by atoms with E-state index in [4.69, 9.17) is 4.52 Å². The Bertz CT molecular complexity index is 740. The van der Waals surface area contributed by atoms with E-state index in [1.807, 2.05) is 18.7 Å². The zero-order valence-corrected chi connectivity index (χ0v) is 15.7. The first-order chi connectivity index (χ1) is 12.0. The fraction of sp³-hybridized carbons (Fsp3) is 0.444. The van der Waals surface area contributed by atoms with Gasteiger partial charge in [0, 0.05) is 42.0 Å². The Morgan fingerprint density at radius 1 is 1.28 bits per heavy atom. The molecule has 2 N–H and O–H groups in total. The molecule has 0 unspecified atom stereocenters. The summed E-state index contributed by atoms with van der Waals surface area (Å²) in [5, 5.41) is 9.81. The molecule has 1 saturated heterocycles. The number of amides is 1. The van der Waals surface area contributed by atoms with Crippen LogP contribution < -0.4 is 15.5 Å². The molecule has 0 bridgehead atoms. The van der Waals surface area contributed by atoms with Gasteiger partial charge in [-0.15, -0.1) is 0 Å². The number of hydrogen-bond donors (Lipinski definition) is 2. The van der Waals surface area contributed by atoms with Crippen LogP contribution in [0, 0.1) is 13.8 Å². The molecule has 7 heteroatoms. The molecular weight excluding hydrogens is 336 g/mol. The minimum Gasteiger partial charge on any atom is -0.374 e. The number of benzene rings is 1. The van der Waals surface area contributed by atoms with Gasteiger partial charge in [-0.25, -0.2) is 0 Å². The second kappa shape index (κ2) is 7.82. The van der Waals surface area contributed by atoms with Gasteiger partial charge in [0.25, 0.3) is 0 Å². The number of carbonyl (C=O) groups excluding carboxylic acids is 1. The third-order valence-corrected chi connectivity index (χ3v) is 5.17. The molecule has 0 aliphatic carbocycles. The number of hydrogen-bond acceptors (Lipinski definition) is 6. The Morgan fingerprint density at radius 3 is 2.68 bits per heavy atom. The van der Waals surface area contributed by atoms with Crippen molar-refractivity contribution in [1.29, 1.82) is 0 Å². The zero-order chi connectivity index (χ0) is 17.8. The predicted molar refractivity (Wildman–Crippen MR) is 104 cm³/mol. The van der Waals surface area contributed by atoms with Crippen LogP contribution in [0.1, 0.15) is 18.2 Å². The monoisotopic (exact) mass is 360 g/mol. The van der Waals surface area contributed by atoms with E-state index < -0.39 is 0 Å². The summed E-state index contributed by atoms with van der Waals surface area (Å²) in [6.07, 6.45) is 0. The second-order valence-corrected chi connectivity index (χ2v) is 7.50. The van der Waals surface area contributed by atoms with Crippen molar-refractivity contribution < 1.29 is 9.32 Å². The number of aromatic nitrogens is 1. The van der Waals surface area contributed by atoms with Crippen LogP contribution in [0.15, 0.2) is 28.8 Å². The lowest BCUT2D eigenvalue weighted by molar-refractivity contribution is -0.116. The Labute approximate surface area is 152 Å². The topological polar surface area (TPSA) is 70.4 Å². The molecule has 0 saturated carbocycles. The highest BCUT2D eigenvalue weighted by molar-refractivity contribution is 7.99. The predicted octanol–water partition coefficient (Wildman–Crippen LogP) is 3.28. The summed E-state index contributed by atoms with van der Waals surface area (Å²) in [5.74, 6) is 3.31. The first kappa shape index (κ1) is 17.7. The Kier molecular flexibility index (Phi) is 5.53. The van der Waals surface area contributed by atoms with Gasteiger partial charge in [0.05, 0.1) is 0 Å². The molecule has 1 aliphatic heterocycles. The van der Waals surface area contributed by atoms with E-state index in [-0.39, 0.29) is 11.9 Å². The van der Waals surface area contributed by atoms with Crippen LogP contribution in [-0.4, -0.2) is 41.7 Å². The highest BCUT2D eigenvalue weighted by Crippen LogP contribution is 2.25. The van der Waals surface area contributed by atoms with Crippen molar-refractivity contribution >= 4 is 34.9 Å². The minimum absolute atomic E-state index is 0.148. The Morgan fingerprint density at radius 2 is 2.04 bits per heavy atom. The van der Waals surface area contributed by atoms with E-state index in [2.05, 4.69) is 45.8 Å². The van der Waals surface area contributed by atoms with Crippen molar-refractivity contribution in [2.75, 3.05) is 40.1 Å². The number of aryl methyl sites for hydroxylation is 2. The fourth-order valence-corrected chi connectivity index (χ4v) is 3.69. The molecule has 25 heavy (non-hydrogen) atoms. The quantitative estimate of drug-likeness (QED) is 0.853. The van der Waals surface area contributed by atoms with Crippen molar-refractivity contribution in [2.45, 2.75) is 26.8 Å². The summed E-state index contributed by atoms with van der Waals surface area (Å²) < 4.78 is 4.96. The number of carbonyl (C=O) groups is 1. The molecule has 2 heterocycles. The molecule has 1 aromatic heterocycles. The van der Waals surface area contributed by atoms with Crippen LogP contribution in [0.2, 0.25) is 0 Å². The molecule has 2 aromatic rings. The summed E-state index contributed by atoms with van der Waals surface area (Å²) in [7, 11) is 0. The largest absolute Gasteiger partial charge is 0.374 e. The molecule has 0 spiro atoms. The van der Waals surface area contributed by atoms with E-state index in [0.717, 1.165) is 24.3 Å². The Hall–Kier alpha value is -2.15. The van der Waals surface area contributed by atoms with Crippen LogP contribution >= 0.6 is 11.8 Å². The standard InChI is InChI=1S/C18H24N4O2S/c1-12-10-15(22-6-8-25-9-7-22)4-5-16(12)19-14(3)18(23)20-17-11-13(2)24-21-17/h4-5,10-11,14,19H,6-9H2,1-3H3,(H,20,21,23)/t14-/m1/s1. The molecule has 3 rings (SSSR count). The van der Waals surface area contributed by atoms with Crippen LogP contribution in [0.3, 0.4) is 0 Å². The van der Waals surface area contributed by atoms with E-state index in [9.17, 15) is 4.79 Å². The van der Waals surface area contributed by atoms with Crippen LogP contribution in [-0.2, 0) is 4.79 Å². The highest BCUT2D eigenvalue weighted by atomic mass is 32.2. The first-order valence-electron chi connectivity index (χ1n) is 8.47. The van der Waals surface area contributed by atoms with Crippen LogP contribution in [0.4, 0.5) is 17.2 Å². The lowest BCUT2D eigenvalue weighted by Crippen LogP contribution is -2.33. The Balaban J connectivity index is 1.62. The third kappa shape index (κ3) is 4.48. The molecular formula is C18H24N4O2S. The van der Waals surface area contributed by atoms with Gasteiger partial charge < -0.3 is 20.1 Å². The number of nitrogens with one attached hydrogen (secondary N) is 2. The van der Waals surface area contributed by atoms with Gasteiger partial charge >= 0.3 is 0 Å². The highest BCUT2D eigenvalue weighted by Gasteiger charge is 2.16. The first-order valence-corrected chi connectivity index (χ1v) is 9.62. The maximum absolute atomic E-state index is 12.3. The number of nitrogens with zero attached hydrogens (tertiary/aromatic N) is 2. The average Bonchev–Trinajstić information content (AvgIpc) is 3.02. The molecule has 0 radical (unpaired) electrons. The summed E-state index contributed by atoms with van der Waals surface area (Å²) in [5.41, 5.74) is 3.35. The van der Waals surface area contributed by atoms with Crippen LogP contribution in [0.25, 0.3) is 0 Å². The number of rotatable bonds is 5. The van der Waals surface area contributed by atoms with Crippen molar-refractivity contribution in [3.05, 3.63) is 35.6 Å². The zero-order valence-electron chi connectivity index (χ0n) is 14.8. The number of anilines is 3. The average molecular weight is 360 g/mol. The van der Waals surface area contributed by atoms with Crippen molar-refractivity contribution in [1.82, 2.24) is 5.16 Å². The van der Waals surface area contributed by atoms with E-state index in [1.165, 1.54) is 17.2 Å². The van der Waals surface area contributed by atoms with Gasteiger partial charge in [-0.3, -0.25) is 4.79 Å². The summed E-state index contributed by atoms with van der Waals surface area (Å²) in [4.78, 5) is 14.7. The summed E-state index contributed by atoms with van der Waals surface area (Å²) in [6.45, 7) is 7.86. The minimum atomic E-state index is -0.382. The summed E-state index contributed by atoms with van der Waals surface area (Å²) in [6, 6.07) is 7.67. The maximum atomic E-state index is 12.3. The number of thioether (sulfide) groups is 1. The molecule has 6 nitrogen and oxygen atoms in total. The molecule has 1 aromatic carbocycles. The SMILES string of the molecule is Cc1cc(NC(=O)[C@@H](C)Nc2ccc(N3CCSCC3)cc2C)no1. The summed E-state index contributed by atoms with van der Waals surface area (Å²) >= 11 is 2.00. The van der Waals surface area contributed by atoms with E-state index in [0.29, 0.717) is 11.6 Å². The molecule has 134 valence electrons. The lowest BCUT2D eigenvalue weighted by atomic mass is 10.1. The van der Waals surface area contributed by atoms with Gasteiger partial charge in [0.2, 0.25) is 5.91 Å². The van der Waals surface area contributed by atoms with Gasteiger partial charge in [-0.2, -0.15) is 11.8 Å². The normalized spacial score (nSPS) is 15.7. The van der Waals surface area contributed by atoms with Gasteiger partial charge in [-0.1, -0.05) is 5.16 Å². The third-order valence-electron chi connectivity index (χ3n) is 4.23. The van der Waals surface area contributed by atoms with Gasteiger partial charge in [-0.05, 0) is 44.5 Å². The molecule has 1 amide bonds. The van der Waals surface area contributed by atoms with Gasteiger partial charge in [0.15, 0.2) is 5.82 Å². The van der Waals surface area contributed by atoms with E-state index in [1.54, 1.807) is 13.0 Å².